The van der Waals surface area contributed by atoms with Crippen molar-refractivity contribution in [1.29, 1.82) is 0 Å². The lowest BCUT2D eigenvalue weighted by Gasteiger charge is -2.10. The van der Waals surface area contributed by atoms with E-state index in [9.17, 15) is 0 Å². The molecule has 0 aromatic heterocycles. The Kier molecular flexibility index (Phi) is 3.03. The third kappa shape index (κ3) is 1.79. The van der Waals surface area contributed by atoms with Gasteiger partial charge in [-0.1, -0.05) is 41.1 Å². The molecule has 0 aliphatic heterocycles. The second-order valence-electron chi connectivity index (χ2n) is 3.45. The zero-order valence-electron chi connectivity index (χ0n) is 8.35. The molecule has 78 valence electrons. The summed E-state index contributed by atoms with van der Waals surface area (Å²) in [6, 6.07) is 8.26. The number of halogens is 2. The fourth-order valence-corrected chi connectivity index (χ4v) is 3.24. The van der Waals surface area contributed by atoms with E-state index >= 15 is 0 Å². The predicted molar refractivity (Wildman–Crippen MR) is 73.1 cm³/mol. The lowest BCUT2D eigenvalue weighted by atomic mass is 10.0. The second kappa shape index (κ2) is 4.14. The first kappa shape index (κ1) is 11.0. The number of hydrogen-bond donors (Lipinski definition) is 1. The summed E-state index contributed by atoms with van der Waals surface area (Å²) in [7, 11) is 0. The molecule has 1 nitrogen and oxygen atoms in total. The van der Waals surface area contributed by atoms with Crippen LogP contribution in [-0.4, -0.2) is 0 Å². The maximum Gasteiger partial charge on any atom is 0.0539 e. The van der Waals surface area contributed by atoms with Gasteiger partial charge in [-0.15, -0.1) is 0 Å². The topological polar surface area (TPSA) is 26.0 Å². The van der Waals surface area contributed by atoms with Gasteiger partial charge in [0.1, 0.15) is 0 Å². The van der Waals surface area contributed by atoms with Gasteiger partial charge in [0.05, 0.1) is 5.69 Å². The molecule has 0 aliphatic carbocycles. The van der Waals surface area contributed by atoms with Gasteiger partial charge in [-0.25, -0.2) is 0 Å². The molecule has 0 radical (unpaired) electrons. The van der Waals surface area contributed by atoms with Crippen LogP contribution in [0.2, 0.25) is 0 Å². The highest BCUT2D eigenvalue weighted by atomic mass is 79.9. The summed E-state index contributed by atoms with van der Waals surface area (Å²) >= 11 is 7.05. The fraction of sp³-hybridized carbons (Fsp3) is 0.167. The Labute approximate surface area is 106 Å². The van der Waals surface area contributed by atoms with E-state index in [1.807, 2.05) is 6.07 Å². The molecule has 0 saturated heterocycles. The van der Waals surface area contributed by atoms with E-state index in [1.54, 1.807) is 0 Å². The Morgan fingerprint density at radius 2 is 1.93 bits per heavy atom. The number of fused-ring (bicyclic) bond motifs is 1. The molecular formula is C12H11Br2N. The third-order valence-corrected chi connectivity index (χ3v) is 3.85. The van der Waals surface area contributed by atoms with E-state index in [0.29, 0.717) is 0 Å². The van der Waals surface area contributed by atoms with Gasteiger partial charge in [0.25, 0.3) is 0 Å². The zero-order chi connectivity index (χ0) is 11.0. The molecule has 2 aromatic rings. The first-order valence-corrected chi connectivity index (χ1v) is 6.38. The minimum Gasteiger partial charge on any atom is -0.397 e. The maximum absolute atomic E-state index is 6.04. The van der Waals surface area contributed by atoms with Crippen LogP contribution in [0.25, 0.3) is 10.8 Å². The number of benzene rings is 2. The van der Waals surface area contributed by atoms with E-state index in [1.165, 1.54) is 10.9 Å². The molecule has 2 rings (SSSR count). The standard InChI is InChI=1S/C12H11Br2N/c1-2-7-4-3-5-8-11(7)9(13)6-10(14)12(8)15/h3-6H,2,15H2,1H3. The molecule has 0 bridgehead atoms. The van der Waals surface area contributed by atoms with Crippen LogP contribution >= 0.6 is 31.9 Å². The van der Waals surface area contributed by atoms with Gasteiger partial charge in [0.2, 0.25) is 0 Å². The molecule has 0 saturated carbocycles. The first-order chi connectivity index (χ1) is 7.15. The van der Waals surface area contributed by atoms with Crippen molar-refractivity contribution in [2.75, 3.05) is 5.73 Å². The van der Waals surface area contributed by atoms with E-state index in [2.05, 4.69) is 57.0 Å². The van der Waals surface area contributed by atoms with E-state index in [4.69, 9.17) is 5.73 Å². The maximum atomic E-state index is 6.04. The zero-order valence-corrected chi connectivity index (χ0v) is 11.5. The lowest BCUT2D eigenvalue weighted by Crippen LogP contribution is -1.92. The number of aryl methyl sites for hydroxylation is 1. The van der Waals surface area contributed by atoms with Crippen LogP contribution in [0.4, 0.5) is 5.69 Å². The molecule has 0 unspecified atom stereocenters. The van der Waals surface area contributed by atoms with Gasteiger partial charge in [-0.05, 0) is 34.0 Å². The van der Waals surface area contributed by atoms with E-state index < -0.39 is 0 Å². The Morgan fingerprint density at radius 3 is 2.60 bits per heavy atom. The van der Waals surface area contributed by atoms with Crippen LogP contribution in [0.15, 0.2) is 33.2 Å². The van der Waals surface area contributed by atoms with Gasteiger partial charge >= 0.3 is 0 Å². The van der Waals surface area contributed by atoms with Gasteiger partial charge < -0.3 is 5.73 Å². The second-order valence-corrected chi connectivity index (χ2v) is 5.16. The molecule has 0 spiro atoms. The van der Waals surface area contributed by atoms with Crippen LogP contribution in [0.1, 0.15) is 12.5 Å². The number of anilines is 1. The van der Waals surface area contributed by atoms with Crippen molar-refractivity contribution < 1.29 is 0 Å². The number of nitrogens with two attached hydrogens (primary N) is 1. The fourth-order valence-electron chi connectivity index (χ4n) is 1.79. The SMILES string of the molecule is CCc1cccc2c(N)c(Br)cc(Br)c12. The van der Waals surface area contributed by atoms with Gasteiger partial charge in [0.15, 0.2) is 0 Å². The normalized spacial score (nSPS) is 10.9. The lowest BCUT2D eigenvalue weighted by molar-refractivity contribution is 1.16. The van der Waals surface area contributed by atoms with Crippen molar-refractivity contribution in [3.05, 3.63) is 38.8 Å². The molecule has 0 amide bonds. The highest BCUT2D eigenvalue weighted by Gasteiger charge is 2.09. The Morgan fingerprint density at radius 1 is 1.20 bits per heavy atom. The smallest absolute Gasteiger partial charge is 0.0539 e. The van der Waals surface area contributed by atoms with Crippen LogP contribution in [0.3, 0.4) is 0 Å². The molecule has 2 aromatic carbocycles. The van der Waals surface area contributed by atoms with Crippen molar-refractivity contribution in [1.82, 2.24) is 0 Å². The first-order valence-electron chi connectivity index (χ1n) is 4.80. The summed E-state index contributed by atoms with van der Waals surface area (Å²) < 4.78 is 2.03. The number of hydrogen-bond acceptors (Lipinski definition) is 1. The minimum atomic E-state index is 0.809. The van der Waals surface area contributed by atoms with Crippen LogP contribution < -0.4 is 5.73 Å². The molecular weight excluding hydrogens is 318 g/mol. The Hall–Kier alpha value is -0.540. The summed E-state index contributed by atoms with van der Waals surface area (Å²) in [5, 5.41) is 2.33. The summed E-state index contributed by atoms with van der Waals surface area (Å²) in [5.41, 5.74) is 8.17. The van der Waals surface area contributed by atoms with Crippen molar-refractivity contribution >= 4 is 48.3 Å². The minimum absolute atomic E-state index is 0.809. The van der Waals surface area contributed by atoms with Crippen LogP contribution in [-0.2, 0) is 6.42 Å². The summed E-state index contributed by atoms with van der Waals surface area (Å²) in [4.78, 5) is 0. The molecule has 0 heterocycles. The van der Waals surface area contributed by atoms with E-state index in [0.717, 1.165) is 26.4 Å². The average molecular weight is 329 g/mol. The van der Waals surface area contributed by atoms with Gasteiger partial charge in [-0.3, -0.25) is 0 Å². The van der Waals surface area contributed by atoms with Crippen LogP contribution in [0.5, 0.6) is 0 Å². The highest BCUT2D eigenvalue weighted by Crippen LogP contribution is 2.36. The van der Waals surface area contributed by atoms with Gasteiger partial charge in [-0.2, -0.15) is 0 Å². The van der Waals surface area contributed by atoms with E-state index in [-0.39, 0.29) is 0 Å². The number of nitrogen functional groups attached to an aromatic ring is 1. The average Bonchev–Trinajstić information content (AvgIpc) is 2.25. The quantitative estimate of drug-likeness (QED) is 0.766. The molecule has 2 N–H and O–H groups in total. The van der Waals surface area contributed by atoms with Gasteiger partial charge in [0, 0.05) is 19.7 Å². The summed E-state index contributed by atoms with van der Waals surface area (Å²) in [6.45, 7) is 2.15. The monoisotopic (exact) mass is 327 g/mol. The molecule has 15 heavy (non-hydrogen) atoms. The molecule has 0 aliphatic rings. The van der Waals surface area contributed by atoms with Crippen molar-refractivity contribution in [3.8, 4) is 0 Å². The molecule has 3 heteroatoms. The highest BCUT2D eigenvalue weighted by molar-refractivity contribution is 9.11. The Bertz CT molecular complexity index is 521. The third-order valence-electron chi connectivity index (χ3n) is 2.57. The number of rotatable bonds is 1. The van der Waals surface area contributed by atoms with Crippen molar-refractivity contribution in [2.24, 2.45) is 0 Å². The molecule has 0 atom stereocenters. The summed E-state index contributed by atoms with van der Waals surface area (Å²) in [5.74, 6) is 0. The van der Waals surface area contributed by atoms with Crippen molar-refractivity contribution in [3.63, 3.8) is 0 Å². The Balaban J connectivity index is 2.95. The van der Waals surface area contributed by atoms with Crippen LogP contribution in [0, 0.1) is 0 Å². The molecule has 0 fully saturated rings. The summed E-state index contributed by atoms with van der Waals surface area (Å²) in [6.07, 6.45) is 1.01. The predicted octanol–water partition coefficient (Wildman–Crippen LogP) is 4.51. The van der Waals surface area contributed by atoms with Crippen molar-refractivity contribution in [2.45, 2.75) is 13.3 Å². The largest absolute Gasteiger partial charge is 0.397 e.